The van der Waals surface area contributed by atoms with Crippen LogP contribution in [-0.2, 0) is 6.54 Å². The molecule has 0 fully saturated rings. The molecule has 0 saturated heterocycles. The largest absolute Gasteiger partial charge is 0.311 e. The van der Waals surface area contributed by atoms with Crippen molar-refractivity contribution >= 4 is 22.9 Å². The molecule has 0 aliphatic carbocycles. The number of nitrogens with one attached hydrogen (secondary N) is 1. The smallest absolute Gasteiger partial charge is 0.133 e. The van der Waals surface area contributed by atoms with Gasteiger partial charge in [0.1, 0.15) is 10.8 Å². The van der Waals surface area contributed by atoms with Crippen LogP contribution in [0.4, 0.5) is 4.39 Å². The minimum Gasteiger partial charge on any atom is -0.311 e. The molecule has 0 unspecified atom stereocenters. The third-order valence-corrected chi connectivity index (χ3v) is 3.62. The van der Waals surface area contributed by atoms with Gasteiger partial charge in [0.05, 0.1) is 9.90 Å². The molecule has 0 saturated carbocycles. The van der Waals surface area contributed by atoms with Crippen LogP contribution in [0.25, 0.3) is 10.4 Å². The van der Waals surface area contributed by atoms with Gasteiger partial charge in [0.2, 0.25) is 0 Å². The Hall–Kier alpha value is -0.970. The minimum atomic E-state index is -0.309. The van der Waals surface area contributed by atoms with Crippen LogP contribution in [0.2, 0.25) is 5.02 Å². The van der Waals surface area contributed by atoms with E-state index < -0.39 is 0 Å². The summed E-state index contributed by atoms with van der Waals surface area (Å²) < 4.78 is 13.7. The number of hydrogen-bond acceptors (Lipinski definition) is 3. The Morgan fingerprint density at radius 3 is 3.00 bits per heavy atom. The third kappa shape index (κ3) is 2.83. The quantitative estimate of drug-likeness (QED) is 0.916. The van der Waals surface area contributed by atoms with Gasteiger partial charge in [-0.25, -0.2) is 9.37 Å². The molecule has 0 bridgehead atoms. The summed E-state index contributed by atoms with van der Waals surface area (Å²) >= 11 is 7.46. The van der Waals surface area contributed by atoms with Gasteiger partial charge in [-0.2, -0.15) is 0 Å². The van der Waals surface area contributed by atoms with Crippen LogP contribution in [0.15, 0.2) is 24.4 Å². The number of benzene rings is 1. The fourth-order valence-corrected chi connectivity index (χ4v) is 2.74. The van der Waals surface area contributed by atoms with Crippen LogP contribution >= 0.6 is 22.9 Å². The Morgan fingerprint density at radius 1 is 1.47 bits per heavy atom. The summed E-state index contributed by atoms with van der Waals surface area (Å²) in [5.74, 6) is -0.309. The predicted molar refractivity (Wildman–Crippen MR) is 69.9 cm³/mol. The van der Waals surface area contributed by atoms with E-state index in [-0.39, 0.29) is 5.82 Å². The monoisotopic (exact) mass is 270 g/mol. The molecule has 2 aromatic rings. The maximum atomic E-state index is 13.7. The summed E-state index contributed by atoms with van der Waals surface area (Å²) in [5.41, 5.74) is 0.439. The molecule has 2 nitrogen and oxygen atoms in total. The summed E-state index contributed by atoms with van der Waals surface area (Å²) in [6.45, 7) is 3.62. The van der Waals surface area contributed by atoms with Crippen molar-refractivity contribution in [3.05, 3.63) is 40.2 Å². The summed E-state index contributed by atoms with van der Waals surface area (Å²) in [4.78, 5) is 5.01. The first kappa shape index (κ1) is 12.5. The van der Waals surface area contributed by atoms with Crippen molar-refractivity contribution < 1.29 is 4.39 Å². The molecular weight excluding hydrogens is 259 g/mol. The number of halogens is 2. The normalized spacial score (nSPS) is 10.8. The lowest BCUT2D eigenvalue weighted by Gasteiger charge is -2.01. The minimum absolute atomic E-state index is 0.309. The maximum absolute atomic E-state index is 13.7. The van der Waals surface area contributed by atoms with Crippen molar-refractivity contribution in [3.63, 3.8) is 0 Å². The molecule has 0 spiro atoms. The van der Waals surface area contributed by atoms with Crippen molar-refractivity contribution in [1.82, 2.24) is 10.3 Å². The van der Waals surface area contributed by atoms with Crippen LogP contribution in [0.5, 0.6) is 0 Å². The second kappa shape index (κ2) is 5.58. The van der Waals surface area contributed by atoms with Gasteiger partial charge in [0, 0.05) is 18.3 Å². The van der Waals surface area contributed by atoms with Gasteiger partial charge < -0.3 is 5.32 Å². The Bertz CT molecular complexity index is 493. The lowest BCUT2D eigenvalue weighted by molar-refractivity contribution is 0.632. The van der Waals surface area contributed by atoms with Crippen molar-refractivity contribution in [2.75, 3.05) is 6.54 Å². The number of rotatable bonds is 4. The van der Waals surface area contributed by atoms with Gasteiger partial charge in [-0.15, -0.1) is 11.3 Å². The Morgan fingerprint density at radius 2 is 2.29 bits per heavy atom. The van der Waals surface area contributed by atoms with Crippen LogP contribution < -0.4 is 5.32 Å². The molecule has 0 atom stereocenters. The molecule has 17 heavy (non-hydrogen) atoms. The highest BCUT2D eigenvalue weighted by molar-refractivity contribution is 7.15. The van der Waals surface area contributed by atoms with Gasteiger partial charge in [0.15, 0.2) is 0 Å². The first-order chi connectivity index (χ1) is 8.22. The van der Waals surface area contributed by atoms with E-state index in [0.29, 0.717) is 17.1 Å². The molecule has 1 heterocycles. The van der Waals surface area contributed by atoms with E-state index in [4.69, 9.17) is 11.6 Å². The van der Waals surface area contributed by atoms with Crippen LogP contribution in [0.3, 0.4) is 0 Å². The highest BCUT2D eigenvalue weighted by atomic mass is 35.5. The highest BCUT2D eigenvalue weighted by Crippen LogP contribution is 2.34. The fourth-order valence-electron chi connectivity index (χ4n) is 1.47. The SMILES string of the molecule is CCNCc1ncc(-c2c(F)cccc2Cl)s1. The second-order valence-electron chi connectivity index (χ2n) is 3.50. The molecule has 90 valence electrons. The Labute approximate surface area is 108 Å². The first-order valence-electron chi connectivity index (χ1n) is 5.32. The van der Waals surface area contributed by atoms with E-state index in [2.05, 4.69) is 10.3 Å². The van der Waals surface area contributed by atoms with E-state index >= 15 is 0 Å². The van der Waals surface area contributed by atoms with E-state index in [9.17, 15) is 4.39 Å². The van der Waals surface area contributed by atoms with Crippen molar-refractivity contribution in [2.45, 2.75) is 13.5 Å². The van der Waals surface area contributed by atoms with Crippen LogP contribution in [-0.4, -0.2) is 11.5 Å². The maximum Gasteiger partial charge on any atom is 0.133 e. The number of hydrogen-bond donors (Lipinski definition) is 1. The van der Waals surface area contributed by atoms with Gasteiger partial charge in [-0.05, 0) is 18.7 Å². The summed E-state index contributed by atoms with van der Waals surface area (Å²) in [7, 11) is 0. The summed E-state index contributed by atoms with van der Waals surface area (Å²) in [6, 6.07) is 4.69. The Kier molecular flexibility index (Phi) is 4.10. The molecular formula is C12H12ClFN2S. The number of aromatic nitrogens is 1. The zero-order chi connectivity index (χ0) is 12.3. The average molecular weight is 271 g/mol. The number of nitrogens with zero attached hydrogens (tertiary/aromatic N) is 1. The molecule has 0 aliphatic rings. The predicted octanol–water partition coefficient (Wildman–Crippen LogP) is 3.71. The topological polar surface area (TPSA) is 24.9 Å². The number of thiazole rings is 1. The van der Waals surface area contributed by atoms with Crippen molar-refractivity contribution in [1.29, 1.82) is 0 Å². The molecule has 0 amide bonds. The molecule has 2 rings (SSSR count). The average Bonchev–Trinajstić information content (AvgIpc) is 2.75. The van der Waals surface area contributed by atoms with Crippen molar-refractivity contribution in [3.8, 4) is 10.4 Å². The van der Waals surface area contributed by atoms with Crippen LogP contribution in [0, 0.1) is 5.82 Å². The molecule has 1 aromatic heterocycles. The molecule has 1 aromatic carbocycles. The zero-order valence-corrected chi connectivity index (χ0v) is 10.9. The molecule has 1 N–H and O–H groups in total. The van der Waals surface area contributed by atoms with Gasteiger partial charge in [0.25, 0.3) is 0 Å². The van der Waals surface area contributed by atoms with Gasteiger partial charge >= 0.3 is 0 Å². The fraction of sp³-hybridized carbons (Fsp3) is 0.250. The highest BCUT2D eigenvalue weighted by Gasteiger charge is 2.12. The first-order valence-corrected chi connectivity index (χ1v) is 6.51. The molecule has 0 radical (unpaired) electrons. The third-order valence-electron chi connectivity index (χ3n) is 2.29. The van der Waals surface area contributed by atoms with Gasteiger partial charge in [-0.3, -0.25) is 0 Å². The summed E-state index contributed by atoms with van der Waals surface area (Å²) in [6.07, 6.45) is 1.67. The second-order valence-corrected chi connectivity index (χ2v) is 5.02. The van der Waals surface area contributed by atoms with Crippen LogP contribution in [0.1, 0.15) is 11.9 Å². The lowest BCUT2D eigenvalue weighted by atomic mass is 10.2. The van der Waals surface area contributed by atoms with E-state index in [1.807, 2.05) is 6.92 Å². The standard InChI is InChI=1S/C12H12ClFN2S/c1-2-15-7-11-16-6-10(17-11)12-8(13)4-3-5-9(12)14/h3-6,15H,2,7H2,1H3. The van der Waals surface area contributed by atoms with Gasteiger partial charge in [-0.1, -0.05) is 24.6 Å². The van der Waals surface area contributed by atoms with Crippen molar-refractivity contribution in [2.24, 2.45) is 0 Å². The van der Waals surface area contributed by atoms with E-state index in [0.717, 1.165) is 16.4 Å². The zero-order valence-electron chi connectivity index (χ0n) is 9.34. The molecule has 5 heteroatoms. The van der Waals surface area contributed by atoms with E-state index in [1.54, 1.807) is 18.3 Å². The Balaban J connectivity index is 2.30. The lowest BCUT2D eigenvalue weighted by Crippen LogP contribution is -2.11. The molecule has 0 aliphatic heterocycles. The van der Waals surface area contributed by atoms with E-state index in [1.165, 1.54) is 17.4 Å². The summed E-state index contributed by atoms with van der Waals surface area (Å²) in [5, 5.41) is 4.53.